The Kier molecular flexibility index (Phi) is 4.90. The number of rotatable bonds is 5. The van der Waals surface area contributed by atoms with Crippen molar-refractivity contribution in [1.82, 2.24) is 10.2 Å². The largest absolute Gasteiger partial charge is 0.437 e. The number of hydrogen-bond donors (Lipinski definition) is 1. The smallest absolute Gasteiger partial charge is 0.261 e. The van der Waals surface area contributed by atoms with Crippen molar-refractivity contribution in [2.24, 2.45) is 0 Å². The first-order chi connectivity index (χ1) is 13.9. The second kappa shape index (κ2) is 7.52. The Balaban J connectivity index is 1.54. The van der Waals surface area contributed by atoms with Crippen LogP contribution >= 0.6 is 0 Å². The third-order valence-corrected chi connectivity index (χ3v) is 5.89. The van der Waals surface area contributed by atoms with Crippen molar-refractivity contribution >= 4 is 26.5 Å². The number of fused-ring (bicyclic) bond motifs is 1. The molecular weight excluding hydrogens is 386 g/mol. The minimum absolute atomic E-state index is 0.213. The van der Waals surface area contributed by atoms with Crippen LogP contribution in [-0.4, -0.2) is 18.6 Å². The van der Waals surface area contributed by atoms with Crippen molar-refractivity contribution in [3.8, 4) is 11.6 Å². The number of aryl methyl sites for hydroxylation is 2. The number of nitrogens with zero attached hydrogens (tertiary/aromatic N) is 2. The van der Waals surface area contributed by atoms with E-state index in [9.17, 15) is 8.42 Å². The Morgan fingerprint density at radius 2 is 1.45 bits per heavy atom. The molecule has 1 aromatic heterocycles. The minimum atomic E-state index is -3.65. The normalized spacial score (nSPS) is 11.4. The molecule has 0 aliphatic carbocycles. The third-order valence-electron chi connectivity index (χ3n) is 4.49. The maximum absolute atomic E-state index is 12.5. The maximum atomic E-state index is 12.5. The van der Waals surface area contributed by atoms with Crippen molar-refractivity contribution in [2.45, 2.75) is 18.7 Å². The minimum Gasteiger partial charge on any atom is -0.437 e. The van der Waals surface area contributed by atoms with Crippen LogP contribution in [0.4, 0.5) is 5.69 Å². The standard InChI is InChI=1S/C22H19N3O3S/c1-15-7-13-19(14-8-15)29(26,27)25-17-9-11-18(12-10-17)28-22-21-6-4-3-5-20(21)16(2)23-24-22/h3-14,25H,1-2H3. The van der Waals surface area contributed by atoms with E-state index in [-0.39, 0.29) is 4.90 Å². The number of nitrogens with one attached hydrogen (secondary N) is 1. The van der Waals surface area contributed by atoms with E-state index in [4.69, 9.17) is 4.74 Å². The molecule has 0 aliphatic heterocycles. The lowest BCUT2D eigenvalue weighted by atomic mass is 10.1. The molecule has 0 saturated heterocycles. The molecule has 0 aliphatic rings. The zero-order valence-electron chi connectivity index (χ0n) is 16.0. The second-order valence-electron chi connectivity index (χ2n) is 6.68. The summed E-state index contributed by atoms with van der Waals surface area (Å²) < 4.78 is 33.5. The van der Waals surface area contributed by atoms with Gasteiger partial charge < -0.3 is 4.74 Å². The summed E-state index contributed by atoms with van der Waals surface area (Å²) in [5, 5.41) is 10.1. The van der Waals surface area contributed by atoms with Gasteiger partial charge in [0.2, 0.25) is 5.88 Å². The number of sulfonamides is 1. The predicted octanol–water partition coefficient (Wildman–Crippen LogP) is 4.84. The topological polar surface area (TPSA) is 81.2 Å². The van der Waals surface area contributed by atoms with Crippen LogP contribution in [0.2, 0.25) is 0 Å². The molecule has 3 aromatic carbocycles. The lowest BCUT2D eigenvalue weighted by Gasteiger charge is -2.11. The molecule has 1 heterocycles. The van der Waals surface area contributed by atoms with Crippen molar-refractivity contribution in [2.75, 3.05) is 4.72 Å². The summed E-state index contributed by atoms with van der Waals surface area (Å²) in [5.41, 5.74) is 2.27. The molecule has 4 rings (SSSR count). The van der Waals surface area contributed by atoms with E-state index >= 15 is 0 Å². The average molecular weight is 405 g/mol. The first-order valence-corrected chi connectivity index (χ1v) is 10.5. The number of benzene rings is 3. The fourth-order valence-electron chi connectivity index (χ4n) is 2.92. The van der Waals surface area contributed by atoms with E-state index in [1.807, 2.05) is 38.1 Å². The number of ether oxygens (including phenoxy) is 1. The van der Waals surface area contributed by atoms with Gasteiger partial charge in [-0.05, 0) is 56.3 Å². The van der Waals surface area contributed by atoms with Crippen LogP contribution < -0.4 is 9.46 Å². The number of aromatic nitrogens is 2. The fraction of sp³-hybridized carbons (Fsp3) is 0.0909. The summed E-state index contributed by atoms with van der Waals surface area (Å²) in [6.45, 7) is 3.80. The third kappa shape index (κ3) is 4.05. The summed E-state index contributed by atoms with van der Waals surface area (Å²) in [7, 11) is -3.65. The molecule has 0 radical (unpaired) electrons. The van der Waals surface area contributed by atoms with Gasteiger partial charge in [-0.1, -0.05) is 35.9 Å². The quantitative estimate of drug-likeness (QED) is 0.514. The van der Waals surface area contributed by atoms with Crippen LogP contribution in [0.25, 0.3) is 10.8 Å². The molecule has 7 heteroatoms. The predicted molar refractivity (Wildman–Crippen MR) is 113 cm³/mol. The monoisotopic (exact) mass is 405 g/mol. The molecule has 6 nitrogen and oxygen atoms in total. The zero-order chi connectivity index (χ0) is 20.4. The van der Waals surface area contributed by atoms with Gasteiger partial charge in [0.1, 0.15) is 5.75 Å². The first kappa shape index (κ1) is 18.9. The van der Waals surface area contributed by atoms with Gasteiger partial charge in [-0.3, -0.25) is 4.72 Å². The highest BCUT2D eigenvalue weighted by Crippen LogP contribution is 2.29. The Morgan fingerprint density at radius 3 is 2.14 bits per heavy atom. The van der Waals surface area contributed by atoms with Gasteiger partial charge >= 0.3 is 0 Å². The van der Waals surface area contributed by atoms with Crippen LogP contribution in [0.1, 0.15) is 11.3 Å². The van der Waals surface area contributed by atoms with Gasteiger partial charge in [-0.25, -0.2) is 8.42 Å². The highest BCUT2D eigenvalue weighted by molar-refractivity contribution is 7.92. The SMILES string of the molecule is Cc1ccc(S(=O)(=O)Nc2ccc(Oc3nnc(C)c4ccccc34)cc2)cc1. The van der Waals surface area contributed by atoms with Crippen LogP contribution in [0.3, 0.4) is 0 Å². The Bertz CT molecular complexity index is 1270. The van der Waals surface area contributed by atoms with Gasteiger partial charge in [0, 0.05) is 16.5 Å². The van der Waals surface area contributed by atoms with Crippen LogP contribution in [0.15, 0.2) is 77.7 Å². The molecular formula is C22H19N3O3S. The van der Waals surface area contributed by atoms with E-state index in [1.54, 1.807) is 48.5 Å². The van der Waals surface area contributed by atoms with E-state index < -0.39 is 10.0 Å². The molecule has 146 valence electrons. The zero-order valence-corrected chi connectivity index (χ0v) is 16.8. The molecule has 0 saturated carbocycles. The van der Waals surface area contributed by atoms with Gasteiger partial charge in [0.05, 0.1) is 10.6 Å². The molecule has 0 fully saturated rings. The molecule has 0 amide bonds. The summed E-state index contributed by atoms with van der Waals surface area (Å²) in [6, 6.07) is 21.1. The molecule has 0 spiro atoms. The highest BCUT2D eigenvalue weighted by atomic mass is 32.2. The van der Waals surface area contributed by atoms with Crippen molar-refractivity contribution < 1.29 is 13.2 Å². The van der Waals surface area contributed by atoms with Crippen LogP contribution in [0.5, 0.6) is 11.6 Å². The highest BCUT2D eigenvalue weighted by Gasteiger charge is 2.14. The Hall–Kier alpha value is -3.45. The van der Waals surface area contributed by atoms with Crippen molar-refractivity contribution in [1.29, 1.82) is 0 Å². The van der Waals surface area contributed by atoms with Crippen LogP contribution in [-0.2, 0) is 10.0 Å². The number of hydrogen-bond acceptors (Lipinski definition) is 5. The van der Waals surface area contributed by atoms with Gasteiger partial charge in [0.25, 0.3) is 10.0 Å². The van der Waals surface area contributed by atoms with Crippen molar-refractivity contribution in [3.63, 3.8) is 0 Å². The molecule has 1 N–H and O–H groups in total. The number of anilines is 1. The molecule has 0 unspecified atom stereocenters. The van der Waals surface area contributed by atoms with Gasteiger partial charge in [0.15, 0.2) is 0 Å². The average Bonchev–Trinajstić information content (AvgIpc) is 2.72. The Morgan fingerprint density at radius 1 is 0.793 bits per heavy atom. The van der Waals surface area contributed by atoms with E-state index in [0.717, 1.165) is 22.0 Å². The van der Waals surface area contributed by atoms with Gasteiger partial charge in [-0.2, -0.15) is 5.10 Å². The Labute approximate surface area is 169 Å². The van der Waals surface area contributed by atoms with E-state index in [1.165, 1.54) is 0 Å². The summed E-state index contributed by atoms with van der Waals surface area (Å²) >= 11 is 0. The molecule has 29 heavy (non-hydrogen) atoms. The fourth-order valence-corrected chi connectivity index (χ4v) is 3.98. The molecule has 4 aromatic rings. The van der Waals surface area contributed by atoms with E-state index in [2.05, 4.69) is 14.9 Å². The summed E-state index contributed by atoms with van der Waals surface area (Å²) in [4.78, 5) is 0.213. The lowest BCUT2D eigenvalue weighted by Crippen LogP contribution is -2.12. The first-order valence-electron chi connectivity index (χ1n) is 9.02. The van der Waals surface area contributed by atoms with Gasteiger partial charge in [-0.15, -0.1) is 5.10 Å². The van der Waals surface area contributed by atoms with Crippen molar-refractivity contribution in [3.05, 3.63) is 84.1 Å². The lowest BCUT2D eigenvalue weighted by molar-refractivity contribution is 0.461. The van der Waals surface area contributed by atoms with E-state index in [0.29, 0.717) is 17.3 Å². The maximum Gasteiger partial charge on any atom is 0.261 e. The second-order valence-corrected chi connectivity index (χ2v) is 8.36. The van der Waals surface area contributed by atoms with Crippen LogP contribution in [0, 0.1) is 13.8 Å². The molecule has 0 bridgehead atoms. The molecule has 0 atom stereocenters. The summed E-state index contributed by atoms with van der Waals surface area (Å²) in [5.74, 6) is 0.936. The summed E-state index contributed by atoms with van der Waals surface area (Å²) in [6.07, 6.45) is 0.